The van der Waals surface area contributed by atoms with Gasteiger partial charge in [0.05, 0.1) is 11.4 Å². The van der Waals surface area contributed by atoms with E-state index in [0.717, 1.165) is 17.0 Å². The molecule has 0 saturated heterocycles. The minimum Gasteiger partial charge on any atom is -0.479 e. The minimum absolute atomic E-state index is 0.0249. The molecule has 0 unspecified atom stereocenters. The largest absolute Gasteiger partial charge is 0.479 e. The highest BCUT2D eigenvalue weighted by Crippen LogP contribution is 2.38. The summed E-state index contributed by atoms with van der Waals surface area (Å²) in [6.07, 6.45) is 1.82. The monoisotopic (exact) mass is 358 g/mol. The van der Waals surface area contributed by atoms with Gasteiger partial charge in [-0.25, -0.2) is 0 Å². The summed E-state index contributed by atoms with van der Waals surface area (Å²) < 4.78 is 5.50. The zero-order valence-corrected chi connectivity index (χ0v) is 14.7. The van der Waals surface area contributed by atoms with Crippen LogP contribution in [0.1, 0.15) is 18.4 Å². The number of anilines is 2. The smallest absolute Gasteiger partial charge is 0.264 e. The van der Waals surface area contributed by atoms with Gasteiger partial charge in [0.25, 0.3) is 5.91 Å². The molecule has 0 aromatic heterocycles. The van der Waals surface area contributed by atoms with Gasteiger partial charge in [-0.15, -0.1) is 0 Å². The van der Waals surface area contributed by atoms with Gasteiger partial charge in [-0.05, 0) is 36.6 Å². The van der Waals surface area contributed by atoms with Crippen LogP contribution in [0.3, 0.4) is 0 Å². The molecule has 25 heavy (non-hydrogen) atoms. The van der Waals surface area contributed by atoms with Crippen LogP contribution in [0.2, 0.25) is 5.02 Å². The van der Waals surface area contributed by atoms with Gasteiger partial charge in [0, 0.05) is 18.5 Å². The number of hydrogen-bond acceptors (Lipinski definition) is 3. The molecule has 0 spiro atoms. The van der Waals surface area contributed by atoms with Gasteiger partial charge in [0.2, 0.25) is 5.91 Å². The predicted molar refractivity (Wildman–Crippen MR) is 98.4 cm³/mol. The van der Waals surface area contributed by atoms with Gasteiger partial charge in [-0.2, -0.15) is 0 Å². The number of carbonyl (C=O) groups is 2. The summed E-state index contributed by atoms with van der Waals surface area (Å²) in [5.74, 6) is 0.323. The number of aryl methyl sites for hydroxylation is 1. The number of likely N-dealkylation sites (N-methyl/N-ethyl adjacent to an activating group) is 1. The molecular formula is C19H19ClN2O3. The van der Waals surface area contributed by atoms with E-state index in [2.05, 4.69) is 5.32 Å². The van der Waals surface area contributed by atoms with Gasteiger partial charge in [0.1, 0.15) is 0 Å². The average molecular weight is 359 g/mol. The fourth-order valence-electron chi connectivity index (χ4n) is 2.76. The van der Waals surface area contributed by atoms with E-state index in [1.165, 1.54) is 4.90 Å². The van der Waals surface area contributed by atoms with Crippen molar-refractivity contribution in [1.29, 1.82) is 0 Å². The van der Waals surface area contributed by atoms with E-state index >= 15 is 0 Å². The molecule has 0 fully saturated rings. The zero-order valence-electron chi connectivity index (χ0n) is 13.9. The highest BCUT2D eigenvalue weighted by atomic mass is 35.5. The van der Waals surface area contributed by atoms with E-state index < -0.39 is 0 Å². The van der Waals surface area contributed by atoms with E-state index in [9.17, 15) is 9.59 Å². The first kappa shape index (κ1) is 17.3. The zero-order chi connectivity index (χ0) is 17.8. The molecule has 1 N–H and O–H groups in total. The van der Waals surface area contributed by atoms with Crippen LogP contribution in [0.4, 0.5) is 11.4 Å². The Morgan fingerprint density at radius 2 is 2.04 bits per heavy atom. The number of carbonyl (C=O) groups excluding carboxylic acids is 2. The fourth-order valence-corrected chi connectivity index (χ4v) is 2.99. The standard InChI is InChI=1S/C19H19ClN2O3/c1-22-16-10-5-9-15(19(16)25-12-18(22)24)21-17(23)11-4-7-13-6-2-3-8-14(13)20/h2-3,5-6,8-10H,4,7,11-12H2,1H3,(H,21,23). The molecule has 0 radical (unpaired) electrons. The molecule has 1 heterocycles. The molecule has 130 valence electrons. The highest BCUT2D eigenvalue weighted by Gasteiger charge is 2.24. The van der Waals surface area contributed by atoms with Crippen molar-refractivity contribution in [1.82, 2.24) is 0 Å². The van der Waals surface area contributed by atoms with E-state index in [4.69, 9.17) is 16.3 Å². The number of fused-ring (bicyclic) bond motifs is 1. The van der Waals surface area contributed by atoms with E-state index in [0.29, 0.717) is 30.0 Å². The summed E-state index contributed by atoms with van der Waals surface area (Å²) in [7, 11) is 1.69. The lowest BCUT2D eigenvalue weighted by molar-refractivity contribution is -0.121. The number of hydrogen-bond donors (Lipinski definition) is 1. The summed E-state index contributed by atoms with van der Waals surface area (Å²) in [4.78, 5) is 25.5. The molecule has 0 aliphatic carbocycles. The number of amides is 2. The lowest BCUT2D eigenvalue weighted by Gasteiger charge is -2.27. The number of halogens is 1. The van der Waals surface area contributed by atoms with Crippen molar-refractivity contribution in [3.8, 4) is 5.75 Å². The van der Waals surface area contributed by atoms with Crippen molar-refractivity contribution in [2.75, 3.05) is 23.9 Å². The van der Waals surface area contributed by atoms with Crippen LogP contribution in [0.15, 0.2) is 42.5 Å². The maximum absolute atomic E-state index is 12.2. The lowest BCUT2D eigenvalue weighted by atomic mass is 10.1. The first-order chi connectivity index (χ1) is 12.1. The Balaban J connectivity index is 1.60. The summed E-state index contributed by atoms with van der Waals surface area (Å²) in [6, 6.07) is 13.0. The SMILES string of the molecule is CN1C(=O)COc2c(NC(=O)CCCc3ccccc3Cl)cccc21. The number of nitrogens with zero attached hydrogens (tertiary/aromatic N) is 1. The fraction of sp³-hybridized carbons (Fsp3) is 0.263. The first-order valence-electron chi connectivity index (χ1n) is 8.12. The van der Waals surface area contributed by atoms with Crippen LogP contribution in [0.5, 0.6) is 5.75 Å². The van der Waals surface area contributed by atoms with E-state index in [1.54, 1.807) is 25.2 Å². The van der Waals surface area contributed by atoms with E-state index in [1.807, 2.05) is 24.3 Å². The third kappa shape index (κ3) is 3.94. The van der Waals surface area contributed by atoms with Crippen LogP contribution in [-0.4, -0.2) is 25.5 Å². The first-order valence-corrected chi connectivity index (χ1v) is 8.49. The molecule has 3 rings (SSSR count). The normalized spacial score (nSPS) is 13.2. The van der Waals surface area contributed by atoms with Crippen LogP contribution in [0, 0.1) is 0 Å². The maximum Gasteiger partial charge on any atom is 0.264 e. The number of nitrogens with one attached hydrogen (secondary N) is 1. The van der Waals surface area contributed by atoms with Crippen molar-refractivity contribution in [2.45, 2.75) is 19.3 Å². The average Bonchev–Trinajstić information content (AvgIpc) is 2.60. The second kappa shape index (κ2) is 7.57. The van der Waals surface area contributed by atoms with Gasteiger partial charge in [-0.1, -0.05) is 35.9 Å². The Morgan fingerprint density at radius 1 is 1.24 bits per heavy atom. The van der Waals surface area contributed by atoms with Gasteiger partial charge >= 0.3 is 0 Å². The van der Waals surface area contributed by atoms with E-state index in [-0.39, 0.29) is 18.4 Å². The van der Waals surface area contributed by atoms with Crippen molar-refractivity contribution >= 4 is 34.8 Å². The molecule has 1 aliphatic rings. The number of ether oxygens (including phenoxy) is 1. The van der Waals surface area contributed by atoms with Crippen molar-refractivity contribution in [3.05, 3.63) is 53.1 Å². The van der Waals surface area contributed by atoms with Crippen LogP contribution < -0.4 is 15.0 Å². The molecule has 2 aromatic rings. The topological polar surface area (TPSA) is 58.6 Å². The maximum atomic E-state index is 12.2. The minimum atomic E-state index is -0.115. The Bertz CT molecular complexity index is 807. The Hall–Kier alpha value is -2.53. The summed E-state index contributed by atoms with van der Waals surface area (Å²) >= 11 is 6.12. The van der Waals surface area contributed by atoms with Gasteiger partial charge < -0.3 is 15.0 Å². The van der Waals surface area contributed by atoms with Gasteiger partial charge in [-0.3, -0.25) is 9.59 Å². The van der Waals surface area contributed by atoms with Crippen LogP contribution >= 0.6 is 11.6 Å². The lowest BCUT2D eigenvalue weighted by Crippen LogP contribution is -2.35. The molecule has 1 aliphatic heterocycles. The molecule has 2 aromatic carbocycles. The molecule has 0 atom stereocenters. The summed E-state index contributed by atoms with van der Waals surface area (Å²) in [5.41, 5.74) is 2.28. The Morgan fingerprint density at radius 3 is 2.84 bits per heavy atom. The second-order valence-electron chi connectivity index (χ2n) is 5.89. The Kier molecular flexibility index (Phi) is 5.24. The highest BCUT2D eigenvalue weighted by molar-refractivity contribution is 6.31. The van der Waals surface area contributed by atoms with Crippen molar-refractivity contribution in [3.63, 3.8) is 0 Å². The quantitative estimate of drug-likeness (QED) is 0.887. The third-order valence-electron chi connectivity index (χ3n) is 4.15. The third-order valence-corrected chi connectivity index (χ3v) is 4.52. The second-order valence-corrected chi connectivity index (χ2v) is 6.30. The summed E-state index contributed by atoms with van der Waals surface area (Å²) in [6.45, 7) is -0.0249. The number of para-hydroxylation sites is 1. The number of benzene rings is 2. The molecule has 0 bridgehead atoms. The van der Waals surface area contributed by atoms with Gasteiger partial charge in [0.15, 0.2) is 12.4 Å². The van der Waals surface area contributed by atoms with Crippen molar-refractivity contribution in [2.24, 2.45) is 0 Å². The van der Waals surface area contributed by atoms with Crippen LogP contribution in [-0.2, 0) is 16.0 Å². The molecule has 6 heteroatoms. The predicted octanol–water partition coefficient (Wildman–Crippen LogP) is 3.66. The Labute approximate surface area is 151 Å². The van der Waals surface area contributed by atoms with Crippen LogP contribution in [0.25, 0.3) is 0 Å². The van der Waals surface area contributed by atoms with Crippen molar-refractivity contribution < 1.29 is 14.3 Å². The molecular weight excluding hydrogens is 340 g/mol. The molecule has 0 saturated carbocycles. The molecule has 2 amide bonds. The number of rotatable bonds is 5. The summed E-state index contributed by atoms with van der Waals surface area (Å²) in [5, 5.41) is 3.59. The molecule has 5 nitrogen and oxygen atoms in total.